The molecule has 0 aliphatic heterocycles. The lowest BCUT2D eigenvalue weighted by Crippen LogP contribution is -2.30. The van der Waals surface area contributed by atoms with E-state index in [9.17, 15) is 4.79 Å². The van der Waals surface area contributed by atoms with Gasteiger partial charge in [-0.25, -0.2) is 4.98 Å². The van der Waals surface area contributed by atoms with E-state index in [0.29, 0.717) is 5.92 Å². The van der Waals surface area contributed by atoms with Crippen LogP contribution < -0.4 is 14.8 Å². The van der Waals surface area contributed by atoms with Crippen molar-refractivity contribution in [1.29, 1.82) is 0 Å². The molecular weight excluding hydrogens is 434 g/mol. The number of aromatic nitrogens is 2. The van der Waals surface area contributed by atoms with Gasteiger partial charge in [0.05, 0.1) is 31.7 Å². The predicted molar refractivity (Wildman–Crippen MR) is 133 cm³/mol. The maximum atomic E-state index is 13.0. The van der Waals surface area contributed by atoms with E-state index >= 15 is 0 Å². The zero-order chi connectivity index (χ0) is 24.0. The summed E-state index contributed by atoms with van der Waals surface area (Å²) in [5.74, 6) is 2.29. The molecule has 0 unspecified atom stereocenters. The van der Waals surface area contributed by atoms with Crippen molar-refractivity contribution in [2.24, 2.45) is 5.92 Å². The van der Waals surface area contributed by atoms with Gasteiger partial charge in [0, 0.05) is 12.2 Å². The maximum Gasteiger partial charge on any atom is 0.231 e. The quantitative estimate of drug-likeness (QED) is 0.417. The van der Waals surface area contributed by atoms with Gasteiger partial charge < -0.3 is 19.4 Å². The van der Waals surface area contributed by atoms with Crippen molar-refractivity contribution in [3.8, 4) is 11.5 Å². The van der Waals surface area contributed by atoms with Gasteiger partial charge in [-0.2, -0.15) is 0 Å². The Morgan fingerprint density at radius 1 is 0.970 bits per heavy atom. The van der Waals surface area contributed by atoms with Gasteiger partial charge in [0.25, 0.3) is 0 Å². The Balaban J connectivity index is 1.78. The van der Waals surface area contributed by atoms with Crippen LogP contribution in [0.5, 0.6) is 11.5 Å². The van der Waals surface area contributed by atoms with Crippen LogP contribution in [0.2, 0.25) is 0 Å². The van der Waals surface area contributed by atoms with Crippen molar-refractivity contribution < 1.29 is 14.3 Å². The standard InChI is InChI=1S/C26H33N3O3S/c1-17(2)15-29-19(4)18(3)27-26(29)33-16-24(30)28-25(20-7-11-22(31-5)12-8-20)21-9-13-23(32-6)14-10-21/h7-14,17,25H,15-16H2,1-6H3,(H,28,30). The summed E-state index contributed by atoms with van der Waals surface area (Å²) in [4.78, 5) is 17.7. The molecule has 1 aromatic heterocycles. The molecule has 1 amide bonds. The summed E-state index contributed by atoms with van der Waals surface area (Å²) >= 11 is 1.48. The molecular formula is C26H33N3O3S. The predicted octanol–water partition coefficient (Wildman–Crippen LogP) is 5.17. The van der Waals surface area contributed by atoms with E-state index < -0.39 is 0 Å². The summed E-state index contributed by atoms with van der Waals surface area (Å²) in [6, 6.07) is 15.2. The minimum absolute atomic E-state index is 0.0500. The van der Waals surface area contributed by atoms with E-state index in [-0.39, 0.29) is 17.7 Å². The second kappa shape index (κ2) is 11.3. The Hall–Kier alpha value is -2.93. The fourth-order valence-electron chi connectivity index (χ4n) is 3.60. The van der Waals surface area contributed by atoms with Gasteiger partial charge in [-0.3, -0.25) is 4.79 Å². The third kappa shape index (κ3) is 6.32. The minimum Gasteiger partial charge on any atom is -0.497 e. The molecule has 0 aliphatic rings. The highest BCUT2D eigenvalue weighted by Crippen LogP contribution is 2.27. The van der Waals surface area contributed by atoms with Gasteiger partial charge >= 0.3 is 0 Å². The van der Waals surface area contributed by atoms with Crippen LogP contribution in [0.3, 0.4) is 0 Å². The lowest BCUT2D eigenvalue weighted by atomic mass is 9.98. The minimum atomic E-state index is -0.284. The number of aryl methyl sites for hydroxylation is 1. The maximum absolute atomic E-state index is 13.0. The van der Waals surface area contributed by atoms with Gasteiger partial charge in [0.2, 0.25) is 5.91 Å². The van der Waals surface area contributed by atoms with E-state index in [4.69, 9.17) is 9.47 Å². The zero-order valence-corrected chi connectivity index (χ0v) is 21.0. The molecule has 0 fully saturated rings. The Kier molecular flexibility index (Phi) is 8.44. The molecule has 0 aliphatic carbocycles. The van der Waals surface area contributed by atoms with E-state index in [2.05, 4.69) is 35.6 Å². The Morgan fingerprint density at radius 2 is 1.48 bits per heavy atom. The SMILES string of the molecule is COc1ccc(C(NC(=O)CSc2nc(C)c(C)n2CC(C)C)c2ccc(OC)cc2)cc1. The van der Waals surface area contributed by atoms with Crippen molar-refractivity contribution >= 4 is 17.7 Å². The Bertz CT molecular complexity index is 1010. The van der Waals surface area contributed by atoms with Gasteiger partial charge in [-0.05, 0) is 55.2 Å². The largest absolute Gasteiger partial charge is 0.497 e. The van der Waals surface area contributed by atoms with Crippen molar-refractivity contribution in [2.75, 3.05) is 20.0 Å². The van der Waals surface area contributed by atoms with E-state index in [1.807, 2.05) is 55.5 Å². The molecule has 3 aromatic rings. The number of hydrogen-bond acceptors (Lipinski definition) is 5. The first-order chi connectivity index (χ1) is 15.8. The summed E-state index contributed by atoms with van der Waals surface area (Å²) in [6.45, 7) is 9.35. The van der Waals surface area contributed by atoms with Gasteiger partial charge in [-0.15, -0.1) is 0 Å². The third-order valence-electron chi connectivity index (χ3n) is 5.51. The highest BCUT2D eigenvalue weighted by atomic mass is 32.2. The fourth-order valence-corrected chi connectivity index (χ4v) is 4.51. The third-order valence-corrected chi connectivity index (χ3v) is 6.48. The lowest BCUT2D eigenvalue weighted by Gasteiger charge is -2.20. The van der Waals surface area contributed by atoms with Crippen LogP contribution in [0.1, 0.15) is 42.4 Å². The topological polar surface area (TPSA) is 65.4 Å². The Labute approximate surface area is 200 Å². The molecule has 2 aromatic carbocycles. The first-order valence-corrected chi connectivity index (χ1v) is 12.0. The molecule has 0 bridgehead atoms. The normalized spacial score (nSPS) is 11.2. The molecule has 176 valence electrons. The number of thioether (sulfide) groups is 1. The second-order valence-electron chi connectivity index (χ2n) is 8.41. The number of hydrogen-bond donors (Lipinski definition) is 1. The molecule has 0 saturated carbocycles. The van der Waals surface area contributed by atoms with Gasteiger partial charge in [0.1, 0.15) is 11.5 Å². The molecule has 0 spiro atoms. The number of rotatable bonds is 10. The number of amides is 1. The van der Waals surface area contributed by atoms with Crippen molar-refractivity contribution in [3.05, 3.63) is 71.0 Å². The molecule has 33 heavy (non-hydrogen) atoms. The molecule has 3 rings (SSSR count). The monoisotopic (exact) mass is 467 g/mol. The number of nitrogens with zero attached hydrogens (tertiary/aromatic N) is 2. The van der Waals surface area contributed by atoms with Crippen LogP contribution in [0, 0.1) is 19.8 Å². The van der Waals surface area contributed by atoms with Gasteiger partial charge in [-0.1, -0.05) is 49.9 Å². The van der Waals surface area contributed by atoms with Crippen LogP contribution in [0.25, 0.3) is 0 Å². The fraction of sp³-hybridized carbons (Fsp3) is 0.385. The molecule has 0 saturated heterocycles. The number of carbonyl (C=O) groups is 1. The summed E-state index contributed by atoms with van der Waals surface area (Å²) in [5.41, 5.74) is 4.12. The van der Waals surface area contributed by atoms with Crippen molar-refractivity contribution in [3.63, 3.8) is 0 Å². The first-order valence-electron chi connectivity index (χ1n) is 11.1. The van der Waals surface area contributed by atoms with Crippen LogP contribution >= 0.6 is 11.8 Å². The van der Waals surface area contributed by atoms with E-state index in [0.717, 1.165) is 45.7 Å². The smallest absolute Gasteiger partial charge is 0.231 e. The lowest BCUT2D eigenvalue weighted by molar-refractivity contribution is -0.119. The number of ether oxygens (including phenoxy) is 2. The number of benzene rings is 2. The first kappa shape index (κ1) is 24.7. The molecule has 0 radical (unpaired) electrons. The molecule has 7 heteroatoms. The number of nitrogens with one attached hydrogen (secondary N) is 1. The van der Waals surface area contributed by atoms with Crippen molar-refractivity contribution in [1.82, 2.24) is 14.9 Å². The summed E-state index contributed by atoms with van der Waals surface area (Å²) in [5, 5.41) is 4.09. The second-order valence-corrected chi connectivity index (χ2v) is 9.35. The van der Waals surface area contributed by atoms with E-state index in [1.54, 1.807) is 14.2 Å². The van der Waals surface area contributed by atoms with Gasteiger partial charge in [0.15, 0.2) is 5.16 Å². The summed E-state index contributed by atoms with van der Waals surface area (Å²) in [6.07, 6.45) is 0. The molecule has 6 nitrogen and oxygen atoms in total. The average Bonchev–Trinajstić information content (AvgIpc) is 3.08. The van der Waals surface area contributed by atoms with Crippen LogP contribution in [-0.4, -0.2) is 35.4 Å². The zero-order valence-electron chi connectivity index (χ0n) is 20.2. The van der Waals surface area contributed by atoms with Crippen LogP contribution in [0.4, 0.5) is 0 Å². The summed E-state index contributed by atoms with van der Waals surface area (Å²) < 4.78 is 12.8. The Morgan fingerprint density at radius 3 is 1.94 bits per heavy atom. The highest BCUT2D eigenvalue weighted by Gasteiger charge is 2.19. The molecule has 1 N–H and O–H groups in total. The van der Waals surface area contributed by atoms with Crippen molar-refractivity contribution in [2.45, 2.75) is 45.4 Å². The van der Waals surface area contributed by atoms with Crippen LogP contribution in [0.15, 0.2) is 53.7 Å². The molecule has 1 heterocycles. The number of methoxy groups -OCH3 is 2. The van der Waals surface area contributed by atoms with Crippen LogP contribution in [-0.2, 0) is 11.3 Å². The number of imidazole rings is 1. The van der Waals surface area contributed by atoms with E-state index in [1.165, 1.54) is 11.8 Å². The molecule has 0 atom stereocenters. The average molecular weight is 468 g/mol. The summed E-state index contributed by atoms with van der Waals surface area (Å²) in [7, 11) is 3.28. The highest BCUT2D eigenvalue weighted by molar-refractivity contribution is 7.99. The number of carbonyl (C=O) groups excluding carboxylic acids is 1.